The minimum Gasteiger partial charge on any atom is -0.340 e. The molecule has 1 unspecified atom stereocenters. The van der Waals surface area contributed by atoms with Crippen LogP contribution in [0.4, 0.5) is 0 Å². The van der Waals surface area contributed by atoms with E-state index in [1.54, 1.807) is 0 Å². The molecule has 1 atom stereocenters. The Morgan fingerprint density at radius 1 is 1.33 bits per heavy atom. The Balaban J connectivity index is 1.65. The Morgan fingerprint density at radius 2 is 2.11 bits per heavy atom. The second-order valence-electron chi connectivity index (χ2n) is 5.26. The Labute approximate surface area is 110 Å². The molecule has 1 amide bonds. The van der Waals surface area contributed by atoms with Crippen LogP contribution in [-0.2, 0) is 4.79 Å². The summed E-state index contributed by atoms with van der Waals surface area (Å²) in [6.07, 6.45) is 8.27. The number of nitrogens with one attached hydrogen (secondary N) is 1. The summed E-state index contributed by atoms with van der Waals surface area (Å²) in [5, 5.41) is 3.35. The summed E-state index contributed by atoms with van der Waals surface area (Å²) < 4.78 is 0. The van der Waals surface area contributed by atoms with Gasteiger partial charge in [-0.25, -0.2) is 0 Å². The van der Waals surface area contributed by atoms with Crippen LogP contribution in [0.2, 0.25) is 0 Å². The van der Waals surface area contributed by atoms with Gasteiger partial charge in [-0.15, -0.1) is 6.42 Å². The van der Waals surface area contributed by atoms with Crippen molar-refractivity contribution >= 4 is 5.91 Å². The lowest BCUT2D eigenvalue weighted by atomic mass is 10.0. The molecule has 0 bridgehead atoms. The number of hydrogen-bond donors (Lipinski definition) is 1. The van der Waals surface area contributed by atoms with Crippen molar-refractivity contribution in [1.82, 2.24) is 15.1 Å². The average molecular weight is 249 g/mol. The molecule has 0 radical (unpaired) electrons. The number of carbonyl (C=O) groups is 1. The zero-order chi connectivity index (χ0) is 12.8. The van der Waals surface area contributed by atoms with Gasteiger partial charge in [-0.2, -0.15) is 0 Å². The molecule has 2 aliphatic heterocycles. The molecule has 100 valence electrons. The van der Waals surface area contributed by atoms with E-state index in [-0.39, 0.29) is 0 Å². The van der Waals surface area contributed by atoms with Crippen molar-refractivity contribution in [2.45, 2.75) is 19.3 Å². The first-order chi connectivity index (χ1) is 8.79. The van der Waals surface area contributed by atoms with Crippen molar-refractivity contribution in [2.24, 2.45) is 5.92 Å². The number of rotatable bonds is 4. The third-order valence-electron chi connectivity index (χ3n) is 3.97. The van der Waals surface area contributed by atoms with Crippen molar-refractivity contribution in [2.75, 3.05) is 45.8 Å². The summed E-state index contributed by atoms with van der Waals surface area (Å²) >= 11 is 0. The smallest absolute Gasteiger partial charge is 0.222 e. The van der Waals surface area contributed by atoms with Crippen LogP contribution >= 0.6 is 0 Å². The van der Waals surface area contributed by atoms with Gasteiger partial charge in [-0.1, -0.05) is 5.92 Å². The summed E-state index contributed by atoms with van der Waals surface area (Å²) in [5.74, 6) is 3.69. The van der Waals surface area contributed by atoms with E-state index in [0.29, 0.717) is 24.8 Å². The van der Waals surface area contributed by atoms with Gasteiger partial charge in [-0.3, -0.25) is 9.69 Å². The number of nitrogens with zero attached hydrogens (tertiary/aromatic N) is 2. The van der Waals surface area contributed by atoms with Gasteiger partial charge in [0.05, 0.1) is 6.54 Å². The fourth-order valence-electron chi connectivity index (χ4n) is 2.73. The Morgan fingerprint density at radius 3 is 2.72 bits per heavy atom. The van der Waals surface area contributed by atoms with E-state index >= 15 is 0 Å². The molecule has 0 saturated carbocycles. The van der Waals surface area contributed by atoms with Gasteiger partial charge >= 0.3 is 0 Å². The fourth-order valence-corrected chi connectivity index (χ4v) is 2.73. The minimum absolute atomic E-state index is 0.322. The predicted octanol–water partition coefficient (Wildman–Crippen LogP) is 0.154. The normalized spacial score (nSPS) is 25.1. The maximum absolute atomic E-state index is 12.1. The molecule has 2 saturated heterocycles. The molecule has 2 aliphatic rings. The number of terminal acetylenes is 1. The maximum atomic E-state index is 12.1. The van der Waals surface area contributed by atoms with Crippen molar-refractivity contribution in [3.63, 3.8) is 0 Å². The second kappa shape index (κ2) is 6.77. The number of carbonyl (C=O) groups excluding carboxylic acids is 1. The molecule has 1 N–H and O–H groups in total. The molecule has 2 heterocycles. The fraction of sp³-hybridized carbons (Fsp3) is 0.786. The third-order valence-corrected chi connectivity index (χ3v) is 3.97. The Bertz CT molecular complexity index is 309. The summed E-state index contributed by atoms with van der Waals surface area (Å²) in [4.78, 5) is 16.3. The lowest BCUT2D eigenvalue weighted by molar-refractivity contribution is -0.133. The van der Waals surface area contributed by atoms with E-state index in [2.05, 4.69) is 16.1 Å². The quantitative estimate of drug-likeness (QED) is 0.721. The van der Waals surface area contributed by atoms with E-state index in [1.165, 1.54) is 6.42 Å². The predicted molar refractivity (Wildman–Crippen MR) is 72.1 cm³/mol. The molecular formula is C14H23N3O. The van der Waals surface area contributed by atoms with E-state index < -0.39 is 0 Å². The molecule has 0 aromatic rings. The molecule has 0 aliphatic carbocycles. The molecule has 0 aromatic heterocycles. The highest BCUT2D eigenvalue weighted by Crippen LogP contribution is 2.15. The van der Waals surface area contributed by atoms with Crippen molar-refractivity contribution in [3.8, 4) is 12.3 Å². The molecular weight excluding hydrogens is 226 g/mol. The van der Waals surface area contributed by atoms with Crippen LogP contribution in [0.15, 0.2) is 0 Å². The molecule has 0 spiro atoms. The Hall–Kier alpha value is -1.05. The van der Waals surface area contributed by atoms with Gasteiger partial charge in [-0.05, 0) is 31.8 Å². The number of amides is 1. The van der Waals surface area contributed by atoms with Crippen LogP contribution in [0.3, 0.4) is 0 Å². The van der Waals surface area contributed by atoms with Crippen molar-refractivity contribution in [1.29, 1.82) is 0 Å². The summed E-state index contributed by atoms with van der Waals surface area (Å²) in [7, 11) is 0. The van der Waals surface area contributed by atoms with E-state index in [0.717, 1.165) is 45.7 Å². The van der Waals surface area contributed by atoms with Crippen LogP contribution < -0.4 is 5.32 Å². The van der Waals surface area contributed by atoms with Gasteiger partial charge in [0.1, 0.15) is 0 Å². The molecule has 2 fully saturated rings. The highest BCUT2D eigenvalue weighted by Gasteiger charge is 2.22. The number of hydrogen-bond acceptors (Lipinski definition) is 3. The van der Waals surface area contributed by atoms with Crippen LogP contribution in [0.25, 0.3) is 0 Å². The monoisotopic (exact) mass is 249 g/mol. The van der Waals surface area contributed by atoms with Crippen molar-refractivity contribution < 1.29 is 4.79 Å². The van der Waals surface area contributed by atoms with Crippen LogP contribution in [0, 0.1) is 18.3 Å². The molecule has 2 rings (SSSR count). The SMILES string of the molecule is C#CCN1CCN(C(=O)CCC2CCNC2)CC1. The molecule has 4 nitrogen and oxygen atoms in total. The van der Waals surface area contributed by atoms with Crippen LogP contribution in [0.5, 0.6) is 0 Å². The second-order valence-corrected chi connectivity index (χ2v) is 5.26. The summed E-state index contributed by atoms with van der Waals surface area (Å²) in [5.41, 5.74) is 0. The average Bonchev–Trinajstić information content (AvgIpc) is 2.90. The maximum Gasteiger partial charge on any atom is 0.222 e. The van der Waals surface area contributed by atoms with E-state index in [1.807, 2.05) is 4.90 Å². The van der Waals surface area contributed by atoms with Gasteiger partial charge in [0.2, 0.25) is 5.91 Å². The van der Waals surface area contributed by atoms with E-state index in [9.17, 15) is 4.79 Å². The topological polar surface area (TPSA) is 35.6 Å². The van der Waals surface area contributed by atoms with Gasteiger partial charge < -0.3 is 10.2 Å². The van der Waals surface area contributed by atoms with Crippen molar-refractivity contribution in [3.05, 3.63) is 0 Å². The zero-order valence-corrected chi connectivity index (χ0v) is 11.0. The first-order valence-electron chi connectivity index (χ1n) is 6.94. The summed E-state index contributed by atoms with van der Waals surface area (Å²) in [6.45, 7) is 6.41. The molecule has 0 aromatic carbocycles. The van der Waals surface area contributed by atoms with Crippen LogP contribution in [0.1, 0.15) is 19.3 Å². The van der Waals surface area contributed by atoms with Gasteiger partial charge in [0.25, 0.3) is 0 Å². The molecule has 18 heavy (non-hydrogen) atoms. The minimum atomic E-state index is 0.322. The zero-order valence-electron chi connectivity index (χ0n) is 11.0. The van der Waals surface area contributed by atoms with Crippen LogP contribution in [-0.4, -0.2) is 61.5 Å². The highest BCUT2D eigenvalue weighted by molar-refractivity contribution is 5.76. The lowest BCUT2D eigenvalue weighted by Gasteiger charge is -2.33. The summed E-state index contributed by atoms with van der Waals surface area (Å²) in [6, 6.07) is 0. The third kappa shape index (κ3) is 3.72. The van der Waals surface area contributed by atoms with Gasteiger partial charge in [0.15, 0.2) is 0 Å². The first kappa shape index (κ1) is 13.4. The lowest BCUT2D eigenvalue weighted by Crippen LogP contribution is -2.48. The Kier molecular flexibility index (Phi) is 5.03. The van der Waals surface area contributed by atoms with Gasteiger partial charge in [0, 0.05) is 32.6 Å². The highest BCUT2D eigenvalue weighted by atomic mass is 16.2. The number of piperazine rings is 1. The largest absolute Gasteiger partial charge is 0.340 e. The standard InChI is InChI=1S/C14H23N3O/c1-2-7-16-8-10-17(11-9-16)14(18)4-3-13-5-6-15-12-13/h1,13,15H,3-12H2. The first-order valence-corrected chi connectivity index (χ1v) is 6.94. The van der Waals surface area contributed by atoms with E-state index in [4.69, 9.17) is 6.42 Å². The molecule has 4 heteroatoms.